The van der Waals surface area contributed by atoms with Crippen LogP contribution in [0.15, 0.2) is 0 Å². The number of hydrogen-bond donors (Lipinski definition) is 4. The van der Waals surface area contributed by atoms with Crippen LogP contribution in [0.3, 0.4) is 0 Å². The van der Waals surface area contributed by atoms with Crippen LogP contribution in [0.2, 0.25) is 0 Å². The van der Waals surface area contributed by atoms with Gasteiger partial charge >= 0.3 is 18.1 Å². The molecule has 1 rings (SSSR count). The Morgan fingerprint density at radius 2 is 1.95 bits per heavy atom. The smallest absolute Gasteiger partial charge is 0.404 e. The van der Waals surface area contributed by atoms with Gasteiger partial charge in [0.25, 0.3) is 0 Å². The van der Waals surface area contributed by atoms with E-state index in [9.17, 15) is 19.5 Å². The summed E-state index contributed by atoms with van der Waals surface area (Å²) in [6.07, 6.45) is 1.42. The lowest BCUT2D eigenvalue weighted by Gasteiger charge is -2.36. The van der Waals surface area contributed by atoms with Gasteiger partial charge in [-0.05, 0) is 31.6 Å². The second kappa shape index (κ2) is 6.97. The fourth-order valence-electron chi connectivity index (χ4n) is 2.22. The molecule has 0 aromatic carbocycles. The van der Waals surface area contributed by atoms with Gasteiger partial charge in [0.05, 0.1) is 6.54 Å². The lowest BCUT2D eigenvalue weighted by atomic mass is 9.77. The normalized spacial score (nSPS) is 25.6. The van der Waals surface area contributed by atoms with Gasteiger partial charge in [-0.15, -0.1) is 0 Å². The number of rotatable bonds is 5. The highest BCUT2D eigenvalue weighted by Crippen LogP contribution is 2.32. The van der Waals surface area contributed by atoms with Gasteiger partial charge in [0.2, 0.25) is 0 Å². The summed E-state index contributed by atoms with van der Waals surface area (Å²) in [4.78, 5) is 33.4. The van der Waals surface area contributed by atoms with Gasteiger partial charge in [-0.3, -0.25) is 0 Å². The molecule has 0 radical (unpaired) electrons. The molecule has 5 N–H and O–H groups in total. The lowest BCUT2D eigenvalue weighted by Crippen LogP contribution is -2.58. The summed E-state index contributed by atoms with van der Waals surface area (Å²) in [5.41, 5.74) is 3.56. The van der Waals surface area contributed by atoms with E-state index in [1.54, 1.807) is 0 Å². The van der Waals surface area contributed by atoms with Crippen molar-refractivity contribution in [2.75, 3.05) is 13.2 Å². The standard InChI is InChI=1S/C12H21N3O5/c1-8-2-4-12(5-3-8,9(16)17)15-11(19)14-6-7-20-10(13)18/h8H,2-7H2,1H3,(H2,13,18)(H,16,17)(H2,14,15,19). The maximum absolute atomic E-state index is 11.7. The predicted molar refractivity (Wildman–Crippen MR) is 70.1 cm³/mol. The molecule has 0 unspecified atom stereocenters. The van der Waals surface area contributed by atoms with E-state index < -0.39 is 23.6 Å². The van der Waals surface area contributed by atoms with E-state index in [1.165, 1.54) is 0 Å². The van der Waals surface area contributed by atoms with Crippen molar-refractivity contribution >= 4 is 18.1 Å². The first-order chi connectivity index (χ1) is 9.35. The SMILES string of the molecule is CC1CCC(NC(=O)NCCOC(N)=O)(C(=O)O)CC1. The number of amides is 3. The number of aliphatic carboxylic acids is 1. The maximum Gasteiger partial charge on any atom is 0.404 e. The van der Waals surface area contributed by atoms with E-state index in [2.05, 4.69) is 22.3 Å². The minimum atomic E-state index is -1.21. The maximum atomic E-state index is 11.7. The molecule has 0 atom stereocenters. The third-order valence-electron chi connectivity index (χ3n) is 3.52. The number of carbonyl (C=O) groups excluding carboxylic acids is 2. The van der Waals surface area contributed by atoms with Crippen molar-refractivity contribution < 1.29 is 24.2 Å². The first kappa shape index (κ1) is 16.1. The fraction of sp³-hybridized carbons (Fsp3) is 0.750. The zero-order valence-electron chi connectivity index (χ0n) is 11.5. The molecule has 1 aliphatic rings. The Labute approximate surface area is 117 Å². The third kappa shape index (κ3) is 4.60. The van der Waals surface area contributed by atoms with Gasteiger partial charge in [0, 0.05) is 0 Å². The minimum absolute atomic E-state index is 0.0557. The average Bonchev–Trinajstić information content (AvgIpc) is 2.37. The van der Waals surface area contributed by atoms with Gasteiger partial charge < -0.3 is 26.2 Å². The van der Waals surface area contributed by atoms with Crippen LogP contribution in [0, 0.1) is 5.92 Å². The van der Waals surface area contributed by atoms with Crippen LogP contribution in [0.5, 0.6) is 0 Å². The lowest BCUT2D eigenvalue weighted by molar-refractivity contribution is -0.146. The van der Waals surface area contributed by atoms with Crippen LogP contribution in [0.25, 0.3) is 0 Å². The quantitative estimate of drug-likeness (QED) is 0.544. The van der Waals surface area contributed by atoms with Crippen molar-refractivity contribution in [3.63, 3.8) is 0 Å². The van der Waals surface area contributed by atoms with Crippen LogP contribution in [0.4, 0.5) is 9.59 Å². The van der Waals surface area contributed by atoms with Gasteiger partial charge in [0.1, 0.15) is 12.1 Å². The molecule has 0 aromatic heterocycles. The van der Waals surface area contributed by atoms with Crippen molar-refractivity contribution in [2.24, 2.45) is 11.7 Å². The summed E-state index contributed by atoms with van der Waals surface area (Å²) >= 11 is 0. The number of carboxylic acids is 1. The number of nitrogens with two attached hydrogens (primary N) is 1. The van der Waals surface area contributed by atoms with E-state index in [4.69, 9.17) is 5.73 Å². The molecule has 0 aromatic rings. The van der Waals surface area contributed by atoms with Crippen LogP contribution in [-0.4, -0.2) is 41.9 Å². The van der Waals surface area contributed by atoms with E-state index in [-0.39, 0.29) is 13.2 Å². The van der Waals surface area contributed by atoms with Crippen LogP contribution < -0.4 is 16.4 Å². The summed E-state index contributed by atoms with van der Waals surface area (Å²) in [6, 6.07) is -0.588. The second-order valence-electron chi connectivity index (χ2n) is 5.12. The topological polar surface area (TPSA) is 131 Å². The zero-order valence-corrected chi connectivity index (χ0v) is 11.5. The van der Waals surface area contributed by atoms with Crippen molar-refractivity contribution in [1.82, 2.24) is 10.6 Å². The first-order valence-corrected chi connectivity index (χ1v) is 6.57. The Morgan fingerprint density at radius 1 is 1.35 bits per heavy atom. The Hall–Kier alpha value is -1.99. The van der Waals surface area contributed by atoms with Crippen LogP contribution >= 0.6 is 0 Å². The summed E-state index contributed by atoms with van der Waals surface area (Å²) < 4.78 is 4.45. The molecule has 0 heterocycles. The minimum Gasteiger partial charge on any atom is -0.480 e. The van der Waals surface area contributed by atoms with Gasteiger partial charge in [-0.25, -0.2) is 14.4 Å². The zero-order chi connectivity index (χ0) is 15.2. The Bertz CT molecular complexity index is 377. The molecule has 8 nitrogen and oxygen atoms in total. The van der Waals surface area contributed by atoms with E-state index >= 15 is 0 Å². The molecule has 114 valence electrons. The highest BCUT2D eigenvalue weighted by atomic mass is 16.5. The summed E-state index contributed by atoms with van der Waals surface area (Å²) in [5.74, 6) is -0.552. The number of urea groups is 1. The molecule has 1 fully saturated rings. The molecule has 20 heavy (non-hydrogen) atoms. The second-order valence-corrected chi connectivity index (χ2v) is 5.12. The van der Waals surface area contributed by atoms with Crippen LogP contribution in [-0.2, 0) is 9.53 Å². The molecule has 3 amide bonds. The highest BCUT2D eigenvalue weighted by molar-refractivity contribution is 5.86. The number of carbonyl (C=O) groups is 3. The Kier molecular flexibility index (Phi) is 5.60. The molecule has 1 aliphatic carbocycles. The molecule has 0 spiro atoms. The number of nitrogens with one attached hydrogen (secondary N) is 2. The van der Waals surface area contributed by atoms with Crippen molar-refractivity contribution in [2.45, 2.75) is 38.1 Å². The summed E-state index contributed by atoms with van der Waals surface area (Å²) in [6.45, 7) is 2.08. The molecule has 0 aliphatic heterocycles. The van der Waals surface area contributed by atoms with Crippen molar-refractivity contribution in [1.29, 1.82) is 0 Å². The van der Waals surface area contributed by atoms with E-state index in [0.29, 0.717) is 18.8 Å². The molecule has 8 heteroatoms. The molecule has 0 bridgehead atoms. The average molecular weight is 287 g/mol. The largest absolute Gasteiger partial charge is 0.480 e. The Morgan fingerprint density at radius 3 is 2.45 bits per heavy atom. The fourth-order valence-corrected chi connectivity index (χ4v) is 2.22. The molecular formula is C12H21N3O5. The van der Waals surface area contributed by atoms with Crippen molar-refractivity contribution in [3.05, 3.63) is 0 Å². The Balaban J connectivity index is 2.44. The van der Waals surface area contributed by atoms with E-state index in [0.717, 1.165) is 12.8 Å². The molecule has 1 saturated carbocycles. The summed E-state index contributed by atoms with van der Waals surface area (Å²) in [5, 5.41) is 14.3. The highest BCUT2D eigenvalue weighted by Gasteiger charge is 2.42. The number of hydrogen-bond acceptors (Lipinski definition) is 4. The number of ether oxygens (including phenoxy) is 1. The predicted octanol–water partition coefficient (Wildman–Crippen LogP) is 0.414. The van der Waals surface area contributed by atoms with Crippen molar-refractivity contribution in [3.8, 4) is 0 Å². The molecular weight excluding hydrogens is 266 g/mol. The first-order valence-electron chi connectivity index (χ1n) is 6.57. The van der Waals surface area contributed by atoms with Crippen LogP contribution in [0.1, 0.15) is 32.6 Å². The van der Waals surface area contributed by atoms with Gasteiger partial charge in [0.15, 0.2) is 0 Å². The van der Waals surface area contributed by atoms with E-state index in [1.807, 2.05) is 0 Å². The summed E-state index contributed by atoms with van der Waals surface area (Å²) in [7, 11) is 0. The van der Waals surface area contributed by atoms with Gasteiger partial charge in [-0.1, -0.05) is 6.92 Å². The third-order valence-corrected chi connectivity index (χ3v) is 3.52. The monoisotopic (exact) mass is 287 g/mol. The molecule has 0 saturated heterocycles. The number of carboxylic acid groups (broad SMARTS) is 1. The number of primary amides is 1. The van der Waals surface area contributed by atoms with Gasteiger partial charge in [-0.2, -0.15) is 0 Å².